The number of oxazole rings is 1. The van der Waals surface area contributed by atoms with Crippen LogP contribution < -0.4 is 15.4 Å². The first-order valence-electron chi connectivity index (χ1n) is 9.57. The first-order chi connectivity index (χ1) is 14.8. The minimum Gasteiger partial charge on any atom is -0.484 e. The van der Waals surface area contributed by atoms with Crippen LogP contribution in [-0.2, 0) is 13.1 Å². The maximum absolute atomic E-state index is 12.2. The summed E-state index contributed by atoms with van der Waals surface area (Å²) >= 11 is 0. The number of rotatable bonds is 7. The van der Waals surface area contributed by atoms with E-state index < -0.39 is 12.8 Å². The van der Waals surface area contributed by atoms with E-state index in [9.17, 15) is 13.2 Å². The van der Waals surface area contributed by atoms with Crippen molar-refractivity contribution in [2.45, 2.75) is 26.2 Å². The van der Waals surface area contributed by atoms with Gasteiger partial charge in [-0.15, -0.1) is 24.0 Å². The van der Waals surface area contributed by atoms with Gasteiger partial charge >= 0.3 is 6.18 Å². The van der Waals surface area contributed by atoms with Crippen molar-refractivity contribution in [1.29, 1.82) is 0 Å². The molecular formula is C22H24F3IN4O2. The highest BCUT2D eigenvalue weighted by molar-refractivity contribution is 14.0. The lowest BCUT2D eigenvalue weighted by molar-refractivity contribution is -0.153. The van der Waals surface area contributed by atoms with Gasteiger partial charge < -0.3 is 19.8 Å². The number of ether oxygens (including phenoxy) is 1. The number of aromatic nitrogens is 1. The maximum Gasteiger partial charge on any atom is 0.422 e. The third-order valence-electron chi connectivity index (χ3n) is 4.31. The van der Waals surface area contributed by atoms with E-state index in [2.05, 4.69) is 20.6 Å². The van der Waals surface area contributed by atoms with Crippen molar-refractivity contribution in [1.82, 2.24) is 15.6 Å². The summed E-state index contributed by atoms with van der Waals surface area (Å²) in [6.45, 7) is 1.48. The van der Waals surface area contributed by atoms with Crippen LogP contribution in [0.4, 0.5) is 13.2 Å². The first kappa shape index (κ1) is 25.5. The van der Waals surface area contributed by atoms with Crippen LogP contribution in [-0.4, -0.2) is 30.8 Å². The monoisotopic (exact) mass is 560 g/mol. The molecule has 0 aliphatic heterocycles. The highest BCUT2D eigenvalue weighted by Crippen LogP contribution is 2.21. The van der Waals surface area contributed by atoms with Gasteiger partial charge in [0.2, 0.25) is 5.89 Å². The van der Waals surface area contributed by atoms with Crippen molar-refractivity contribution < 1.29 is 22.3 Å². The summed E-state index contributed by atoms with van der Waals surface area (Å²) in [6, 6.07) is 14.4. The molecule has 0 saturated carbocycles. The van der Waals surface area contributed by atoms with E-state index in [1.807, 2.05) is 31.2 Å². The molecule has 1 aromatic heterocycles. The largest absolute Gasteiger partial charge is 0.484 e. The van der Waals surface area contributed by atoms with Crippen LogP contribution in [0.5, 0.6) is 5.75 Å². The van der Waals surface area contributed by atoms with Crippen LogP contribution >= 0.6 is 24.0 Å². The molecule has 3 aromatic rings. The summed E-state index contributed by atoms with van der Waals surface area (Å²) in [4.78, 5) is 8.42. The van der Waals surface area contributed by atoms with Gasteiger partial charge in [-0.25, -0.2) is 4.98 Å². The molecule has 0 radical (unpaired) electrons. The molecule has 2 aromatic carbocycles. The van der Waals surface area contributed by atoms with Crippen molar-refractivity contribution in [3.8, 4) is 17.1 Å². The number of alkyl halides is 3. The average molecular weight is 560 g/mol. The van der Waals surface area contributed by atoms with Gasteiger partial charge in [0.15, 0.2) is 18.3 Å². The zero-order valence-electron chi connectivity index (χ0n) is 17.6. The van der Waals surface area contributed by atoms with Crippen molar-refractivity contribution >= 4 is 29.9 Å². The smallest absolute Gasteiger partial charge is 0.422 e. The molecule has 0 bridgehead atoms. The Morgan fingerprint density at radius 3 is 2.31 bits per heavy atom. The highest BCUT2D eigenvalue weighted by Gasteiger charge is 2.28. The first-order valence-corrected chi connectivity index (χ1v) is 9.57. The molecule has 6 nitrogen and oxygen atoms in total. The zero-order valence-corrected chi connectivity index (χ0v) is 19.9. The number of nitrogens with zero attached hydrogens (tertiary/aromatic N) is 2. The van der Waals surface area contributed by atoms with Crippen molar-refractivity contribution in [2.24, 2.45) is 4.99 Å². The molecule has 0 saturated heterocycles. The van der Waals surface area contributed by atoms with E-state index in [0.29, 0.717) is 30.7 Å². The Morgan fingerprint density at radius 2 is 1.69 bits per heavy atom. The summed E-state index contributed by atoms with van der Waals surface area (Å²) < 4.78 is 47.1. The third-order valence-corrected chi connectivity index (χ3v) is 4.31. The quantitative estimate of drug-likeness (QED) is 0.240. The van der Waals surface area contributed by atoms with Crippen molar-refractivity contribution in [3.05, 3.63) is 71.7 Å². The Hall–Kier alpha value is -2.76. The van der Waals surface area contributed by atoms with Crippen LogP contribution in [0, 0.1) is 6.92 Å². The fourth-order valence-electron chi connectivity index (χ4n) is 2.68. The number of benzene rings is 2. The Balaban J connectivity index is 0.00000363. The lowest BCUT2D eigenvalue weighted by Gasteiger charge is -2.12. The second kappa shape index (κ2) is 11.7. The summed E-state index contributed by atoms with van der Waals surface area (Å²) in [5.41, 5.74) is 2.98. The predicted molar refractivity (Wildman–Crippen MR) is 127 cm³/mol. The fourth-order valence-corrected chi connectivity index (χ4v) is 2.68. The molecule has 10 heteroatoms. The van der Waals surface area contributed by atoms with Gasteiger partial charge in [0.1, 0.15) is 5.75 Å². The summed E-state index contributed by atoms with van der Waals surface area (Å²) in [5, 5.41) is 6.24. The molecule has 0 amide bonds. The van der Waals surface area contributed by atoms with Crippen LogP contribution in [0.2, 0.25) is 0 Å². The van der Waals surface area contributed by atoms with Gasteiger partial charge in [0, 0.05) is 19.2 Å². The highest BCUT2D eigenvalue weighted by atomic mass is 127. The lowest BCUT2D eigenvalue weighted by atomic mass is 10.1. The molecule has 172 valence electrons. The number of hydrogen-bond acceptors (Lipinski definition) is 4. The molecule has 0 unspecified atom stereocenters. The molecule has 1 heterocycles. The Morgan fingerprint density at radius 1 is 1.03 bits per heavy atom. The minimum absolute atomic E-state index is 0. The number of nitrogens with one attached hydrogen (secondary N) is 2. The van der Waals surface area contributed by atoms with E-state index in [1.165, 1.54) is 17.7 Å². The van der Waals surface area contributed by atoms with Gasteiger partial charge in [-0.05, 0) is 24.6 Å². The Labute approximate surface area is 201 Å². The second-order valence-electron chi connectivity index (χ2n) is 6.81. The molecule has 0 atom stereocenters. The third kappa shape index (κ3) is 8.06. The van der Waals surface area contributed by atoms with E-state index in [1.54, 1.807) is 25.4 Å². The van der Waals surface area contributed by atoms with Crippen molar-refractivity contribution in [3.63, 3.8) is 0 Å². The molecule has 0 spiro atoms. The van der Waals surface area contributed by atoms with Gasteiger partial charge in [-0.1, -0.05) is 42.0 Å². The second-order valence-corrected chi connectivity index (χ2v) is 6.81. The summed E-state index contributed by atoms with van der Waals surface area (Å²) in [7, 11) is 1.64. The maximum atomic E-state index is 12.2. The summed E-state index contributed by atoms with van der Waals surface area (Å²) in [5.74, 6) is 1.90. The topological polar surface area (TPSA) is 71.7 Å². The van der Waals surface area contributed by atoms with Gasteiger partial charge in [-0.3, -0.25) is 4.99 Å². The molecule has 3 rings (SSSR count). The van der Waals surface area contributed by atoms with Crippen molar-refractivity contribution in [2.75, 3.05) is 13.7 Å². The Bertz CT molecular complexity index is 1000. The minimum atomic E-state index is -4.36. The molecule has 0 aliphatic carbocycles. The van der Waals surface area contributed by atoms with Gasteiger partial charge in [-0.2, -0.15) is 13.2 Å². The number of aliphatic imine (C=N–C) groups is 1. The summed E-state index contributed by atoms with van der Waals surface area (Å²) in [6.07, 6.45) is -2.68. The molecule has 0 aliphatic rings. The van der Waals surface area contributed by atoms with Gasteiger partial charge in [0.05, 0.1) is 12.7 Å². The standard InChI is InChI=1S/C22H23F3N4O2.HI/c1-15-3-7-17(8-4-15)19-12-27-20(31-19)13-29-21(26-2)28-11-16-5-9-18(10-6-16)30-14-22(23,24)25;/h3-10,12H,11,13-14H2,1-2H3,(H2,26,28,29);1H. The molecular weight excluding hydrogens is 536 g/mol. The van der Waals surface area contributed by atoms with E-state index in [4.69, 9.17) is 9.15 Å². The predicted octanol–water partition coefficient (Wildman–Crippen LogP) is 5.07. The molecule has 0 fully saturated rings. The zero-order chi connectivity index (χ0) is 22.3. The van der Waals surface area contributed by atoms with E-state index in [0.717, 1.165) is 11.1 Å². The van der Waals surface area contributed by atoms with Crippen LogP contribution in [0.3, 0.4) is 0 Å². The van der Waals surface area contributed by atoms with E-state index >= 15 is 0 Å². The molecule has 32 heavy (non-hydrogen) atoms. The van der Waals surface area contributed by atoms with Crippen LogP contribution in [0.1, 0.15) is 17.0 Å². The number of aryl methyl sites for hydroxylation is 1. The van der Waals surface area contributed by atoms with Gasteiger partial charge in [0.25, 0.3) is 0 Å². The number of guanidine groups is 1. The van der Waals surface area contributed by atoms with E-state index in [-0.39, 0.29) is 29.7 Å². The van der Waals surface area contributed by atoms with Crippen LogP contribution in [0.25, 0.3) is 11.3 Å². The molecule has 2 N–H and O–H groups in total. The van der Waals surface area contributed by atoms with Crippen LogP contribution in [0.15, 0.2) is 64.1 Å². The normalized spacial score (nSPS) is 11.6. The lowest BCUT2D eigenvalue weighted by Crippen LogP contribution is -2.36. The Kier molecular flexibility index (Phi) is 9.36. The SMILES string of the molecule is CN=C(NCc1ccc(OCC(F)(F)F)cc1)NCc1ncc(-c2ccc(C)cc2)o1.I. The number of hydrogen-bond donors (Lipinski definition) is 2. The number of halogens is 4. The fraction of sp³-hybridized carbons (Fsp3) is 0.273. The average Bonchev–Trinajstić information content (AvgIpc) is 3.22.